The second-order valence-corrected chi connectivity index (χ2v) is 8.50. The second kappa shape index (κ2) is 8.37. The highest BCUT2D eigenvalue weighted by Crippen LogP contribution is 2.30. The van der Waals surface area contributed by atoms with Gasteiger partial charge in [0, 0.05) is 42.2 Å². The van der Waals surface area contributed by atoms with Crippen molar-refractivity contribution in [1.82, 2.24) is 14.9 Å². The quantitative estimate of drug-likeness (QED) is 0.671. The zero-order chi connectivity index (χ0) is 19.4. The average Bonchev–Trinajstić information content (AvgIpc) is 3.08. The van der Waals surface area contributed by atoms with Crippen molar-refractivity contribution in [2.24, 2.45) is 0 Å². The molecule has 0 radical (unpaired) electrons. The molecule has 1 unspecified atom stereocenters. The number of nitrogens with one attached hydrogen (secondary N) is 1. The van der Waals surface area contributed by atoms with Crippen molar-refractivity contribution in [3.05, 3.63) is 66.1 Å². The summed E-state index contributed by atoms with van der Waals surface area (Å²) < 4.78 is 2.07. The average molecular weight is 396 g/mol. The molecule has 0 spiro atoms. The highest BCUT2D eigenvalue weighted by Gasteiger charge is 2.34. The lowest BCUT2D eigenvalue weighted by molar-refractivity contribution is 0.0875. The zero-order valence-electron chi connectivity index (χ0n) is 15.8. The molecule has 4 rings (SSSR count). The van der Waals surface area contributed by atoms with Gasteiger partial charge in [-0.25, -0.2) is 0 Å². The molecule has 1 fully saturated rings. The Morgan fingerprint density at radius 2 is 2.07 bits per heavy atom. The number of para-hydroxylation sites is 1. The van der Waals surface area contributed by atoms with Gasteiger partial charge in [0.1, 0.15) is 5.69 Å². The largest absolute Gasteiger partial charge is 0.396 e. The van der Waals surface area contributed by atoms with Gasteiger partial charge < -0.3 is 15.0 Å². The fourth-order valence-corrected chi connectivity index (χ4v) is 5.21. The first-order valence-corrected chi connectivity index (χ1v) is 10.8. The van der Waals surface area contributed by atoms with Crippen LogP contribution in [0.15, 0.2) is 54.9 Å². The number of hydrogen-bond donors (Lipinski definition) is 2. The molecule has 2 N–H and O–H groups in total. The molecule has 2 aromatic heterocycles. The molecular weight excluding hydrogens is 370 g/mol. The standard InChI is InChI=1S/C22H25N3O2S/c26-12-9-22(8-3-13-28-16-22)24-21(27)20-14-18-4-1-2-5-19(18)25(20)15-17-6-10-23-11-7-17/h1-2,4-7,10-11,14,26H,3,8-9,12-13,15-16H2,(H,24,27). The van der Waals surface area contributed by atoms with Crippen LogP contribution in [-0.2, 0) is 6.54 Å². The normalized spacial score (nSPS) is 19.6. The van der Waals surface area contributed by atoms with E-state index in [1.807, 2.05) is 54.2 Å². The van der Waals surface area contributed by atoms with Gasteiger partial charge >= 0.3 is 0 Å². The van der Waals surface area contributed by atoms with Crippen molar-refractivity contribution in [1.29, 1.82) is 0 Å². The molecule has 6 heteroatoms. The number of aliphatic hydroxyl groups is 1. The van der Waals surface area contributed by atoms with E-state index in [2.05, 4.69) is 14.9 Å². The van der Waals surface area contributed by atoms with Gasteiger partial charge in [-0.3, -0.25) is 9.78 Å². The number of nitrogens with zero attached hydrogens (tertiary/aromatic N) is 2. The van der Waals surface area contributed by atoms with E-state index in [-0.39, 0.29) is 18.1 Å². The first-order valence-electron chi connectivity index (χ1n) is 9.69. The SMILES string of the molecule is O=C(NC1(CCO)CCCSC1)c1cc2ccccc2n1Cc1ccncc1. The van der Waals surface area contributed by atoms with Gasteiger partial charge in [-0.1, -0.05) is 18.2 Å². The van der Waals surface area contributed by atoms with Crippen molar-refractivity contribution >= 4 is 28.6 Å². The molecule has 3 heterocycles. The van der Waals surface area contributed by atoms with Crippen molar-refractivity contribution in [3.8, 4) is 0 Å². The predicted molar refractivity (Wildman–Crippen MR) is 114 cm³/mol. The van der Waals surface area contributed by atoms with Crippen LogP contribution in [-0.4, -0.2) is 44.2 Å². The first kappa shape index (κ1) is 19.0. The molecule has 0 aliphatic carbocycles. The maximum absolute atomic E-state index is 13.3. The monoisotopic (exact) mass is 395 g/mol. The number of aliphatic hydroxyl groups excluding tert-OH is 1. The van der Waals surface area contributed by atoms with Crippen LogP contribution in [0.4, 0.5) is 0 Å². The van der Waals surface area contributed by atoms with Crippen LogP contribution in [0.25, 0.3) is 10.9 Å². The number of benzene rings is 1. The molecule has 3 aromatic rings. The number of pyridine rings is 1. The number of amides is 1. The number of carbonyl (C=O) groups excluding carboxylic acids is 1. The van der Waals surface area contributed by atoms with E-state index in [1.54, 1.807) is 12.4 Å². The van der Waals surface area contributed by atoms with Gasteiger partial charge in [0.25, 0.3) is 5.91 Å². The van der Waals surface area contributed by atoms with Crippen molar-refractivity contribution < 1.29 is 9.90 Å². The van der Waals surface area contributed by atoms with Crippen molar-refractivity contribution in [2.45, 2.75) is 31.3 Å². The molecule has 146 valence electrons. The zero-order valence-corrected chi connectivity index (χ0v) is 16.6. The Morgan fingerprint density at radius 1 is 1.25 bits per heavy atom. The lowest BCUT2D eigenvalue weighted by Crippen LogP contribution is -2.53. The Bertz CT molecular complexity index is 943. The number of hydrogen-bond acceptors (Lipinski definition) is 4. The van der Waals surface area contributed by atoms with Crippen LogP contribution in [0.5, 0.6) is 0 Å². The minimum Gasteiger partial charge on any atom is -0.396 e. The number of thioether (sulfide) groups is 1. The summed E-state index contributed by atoms with van der Waals surface area (Å²) in [5, 5.41) is 13.9. The second-order valence-electron chi connectivity index (χ2n) is 7.39. The van der Waals surface area contributed by atoms with Gasteiger partial charge in [0.05, 0.1) is 5.54 Å². The topological polar surface area (TPSA) is 67.2 Å². The molecule has 1 amide bonds. The predicted octanol–water partition coefficient (Wildman–Crippen LogP) is 3.46. The van der Waals surface area contributed by atoms with E-state index < -0.39 is 0 Å². The van der Waals surface area contributed by atoms with Crippen molar-refractivity contribution in [2.75, 3.05) is 18.1 Å². The molecule has 1 saturated heterocycles. The van der Waals surface area contributed by atoms with Gasteiger partial charge in [-0.15, -0.1) is 0 Å². The smallest absolute Gasteiger partial charge is 0.268 e. The van der Waals surface area contributed by atoms with Crippen LogP contribution in [0.3, 0.4) is 0 Å². The Balaban J connectivity index is 1.69. The lowest BCUT2D eigenvalue weighted by atomic mass is 9.91. The summed E-state index contributed by atoms with van der Waals surface area (Å²) in [6, 6.07) is 14.0. The third-order valence-corrected chi connectivity index (χ3v) is 6.76. The summed E-state index contributed by atoms with van der Waals surface area (Å²) in [7, 11) is 0. The highest BCUT2D eigenvalue weighted by molar-refractivity contribution is 7.99. The highest BCUT2D eigenvalue weighted by atomic mass is 32.2. The van der Waals surface area contributed by atoms with Crippen LogP contribution >= 0.6 is 11.8 Å². The summed E-state index contributed by atoms with van der Waals surface area (Å²) in [5.74, 6) is 1.90. The molecule has 0 saturated carbocycles. The Hall–Kier alpha value is -2.31. The van der Waals surface area contributed by atoms with E-state index in [4.69, 9.17) is 0 Å². The van der Waals surface area contributed by atoms with Crippen LogP contribution in [0.2, 0.25) is 0 Å². The summed E-state index contributed by atoms with van der Waals surface area (Å²) in [4.78, 5) is 17.4. The summed E-state index contributed by atoms with van der Waals surface area (Å²) in [6.45, 7) is 0.696. The molecule has 5 nitrogen and oxygen atoms in total. The molecule has 0 bridgehead atoms. The number of fused-ring (bicyclic) bond motifs is 1. The van der Waals surface area contributed by atoms with Crippen molar-refractivity contribution in [3.63, 3.8) is 0 Å². The molecule has 1 aliphatic heterocycles. The first-order chi connectivity index (χ1) is 13.7. The summed E-state index contributed by atoms with van der Waals surface area (Å²) >= 11 is 1.85. The van der Waals surface area contributed by atoms with E-state index in [0.29, 0.717) is 18.7 Å². The molecule has 28 heavy (non-hydrogen) atoms. The summed E-state index contributed by atoms with van der Waals surface area (Å²) in [6.07, 6.45) is 6.12. The maximum Gasteiger partial charge on any atom is 0.268 e. The fraction of sp³-hybridized carbons (Fsp3) is 0.364. The third kappa shape index (κ3) is 3.93. The molecule has 1 aromatic carbocycles. The van der Waals surface area contributed by atoms with E-state index in [9.17, 15) is 9.90 Å². The minimum absolute atomic E-state index is 0.0683. The van der Waals surface area contributed by atoms with E-state index >= 15 is 0 Å². The van der Waals surface area contributed by atoms with E-state index in [0.717, 1.165) is 40.8 Å². The number of aromatic nitrogens is 2. The third-order valence-electron chi connectivity index (χ3n) is 5.42. The lowest BCUT2D eigenvalue weighted by Gasteiger charge is -2.37. The summed E-state index contributed by atoms with van der Waals surface area (Å²) in [5.41, 5.74) is 2.47. The number of rotatable bonds is 6. The molecular formula is C22H25N3O2S. The maximum atomic E-state index is 13.3. The van der Waals surface area contributed by atoms with Gasteiger partial charge in [0.15, 0.2) is 0 Å². The molecule has 1 atom stereocenters. The van der Waals surface area contributed by atoms with Gasteiger partial charge in [-0.05, 0) is 54.8 Å². The Labute approximate surface area is 169 Å². The van der Waals surface area contributed by atoms with Crippen LogP contribution < -0.4 is 5.32 Å². The number of carbonyl (C=O) groups is 1. The Morgan fingerprint density at radius 3 is 2.82 bits per heavy atom. The Kier molecular flexibility index (Phi) is 5.69. The van der Waals surface area contributed by atoms with Crippen LogP contribution in [0, 0.1) is 0 Å². The minimum atomic E-state index is -0.327. The molecule has 1 aliphatic rings. The van der Waals surface area contributed by atoms with E-state index in [1.165, 1.54) is 0 Å². The van der Waals surface area contributed by atoms with Crippen LogP contribution in [0.1, 0.15) is 35.3 Å². The fourth-order valence-electron chi connectivity index (χ4n) is 3.97. The van der Waals surface area contributed by atoms with Gasteiger partial charge in [-0.2, -0.15) is 11.8 Å². The van der Waals surface area contributed by atoms with Gasteiger partial charge in [0.2, 0.25) is 0 Å².